The number of aliphatic imine (C=N–C) groups is 1. The molecule has 0 atom stereocenters. The van der Waals surface area contributed by atoms with E-state index in [1.165, 1.54) is 6.21 Å². The van der Waals surface area contributed by atoms with Crippen molar-refractivity contribution in [2.75, 3.05) is 0 Å². The lowest BCUT2D eigenvalue weighted by Crippen LogP contribution is -1.98. The number of Topliss-reactive ketones (excluding diaryl/α,β-unsaturated/α-hetero) is 1. The van der Waals surface area contributed by atoms with Gasteiger partial charge < -0.3 is 0 Å². The average molecular weight is 244 g/mol. The number of ketones is 1. The molecule has 0 bridgehead atoms. The van der Waals surface area contributed by atoms with Crippen LogP contribution in [0.3, 0.4) is 0 Å². The zero-order valence-electron chi connectivity index (χ0n) is 9.01. The molecule has 17 heavy (non-hydrogen) atoms. The Hall–Kier alpha value is -1.93. The number of rotatable bonds is 3. The van der Waals surface area contributed by atoms with E-state index in [9.17, 15) is 4.79 Å². The van der Waals surface area contributed by atoms with E-state index in [-0.39, 0.29) is 5.78 Å². The molecule has 0 saturated carbocycles. The minimum atomic E-state index is -0.111. The van der Waals surface area contributed by atoms with Crippen LogP contribution in [0.2, 0.25) is 5.02 Å². The van der Waals surface area contributed by atoms with E-state index in [2.05, 4.69) is 4.99 Å². The highest BCUT2D eigenvalue weighted by molar-refractivity contribution is 6.35. The van der Waals surface area contributed by atoms with Gasteiger partial charge in [-0.1, -0.05) is 41.9 Å². The third kappa shape index (κ3) is 3.26. The first-order valence-corrected chi connectivity index (χ1v) is 5.52. The van der Waals surface area contributed by atoms with Gasteiger partial charge in [0.15, 0.2) is 0 Å². The summed E-state index contributed by atoms with van der Waals surface area (Å²) < 4.78 is 0. The van der Waals surface area contributed by atoms with Crippen molar-refractivity contribution in [2.45, 2.75) is 0 Å². The zero-order chi connectivity index (χ0) is 12.1. The summed E-state index contributed by atoms with van der Waals surface area (Å²) in [6, 6.07) is 16.0. The van der Waals surface area contributed by atoms with Gasteiger partial charge in [0.1, 0.15) is 0 Å². The van der Waals surface area contributed by atoms with Gasteiger partial charge in [-0.15, -0.1) is 0 Å². The van der Waals surface area contributed by atoms with Crippen LogP contribution in [0.4, 0.5) is 5.69 Å². The maximum absolute atomic E-state index is 11.7. The van der Waals surface area contributed by atoms with E-state index in [4.69, 9.17) is 11.6 Å². The lowest BCUT2D eigenvalue weighted by molar-refractivity contribution is 0.107. The number of benzene rings is 2. The molecule has 84 valence electrons. The van der Waals surface area contributed by atoms with Crippen molar-refractivity contribution in [1.29, 1.82) is 0 Å². The lowest BCUT2D eigenvalue weighted by Gasteiger charge is -1.95. The van der Waals surface area contributed by atoms with E-state index in [0.717, 1.165) is 0 Å². The fourth-order valence-corrected chi connectivity index (χ4v) is 1.46. The standard InChI is InChI=1S/C14H10ClNO/c15-12-6-8-13(9-7-12)16-10-14(17)11-4-2-1-3-5-11/h1-10H. The van der Waals surface area contributed by atoms with Crippen LogP contribution in [0.5, 0.6) is 0 Å². The van der Waals surface area contributed by atoms with Gasteiger partial charge in [-0.2, -0.15) is 0 Å². The van der Waals surface area contributed by atoms with Crippen molar-refractivity contribution in [3.63, 3.8) is 0 Å². The second-order valence-electron chi connectivity index (χ2n) is 3.46. The summed E-state index contributed by atoms with van der Waals surface area (Å²) in [5.74, 6) is -0.111. The van der Waals surface area contributed by atoms with Gasteiger partial charge in [0.25, 0.3) is 0 Å². The van der Waals surface area contributed by atoms with Crippen LogP contribution in [-0.2, 0) is 0 Å². The normalized spacial score (nSPS) is 10.6. The molecule has 0 amide bonds. The van der Waals surface area contributed by atoms with E-state index in [1.807, 2.05) is 18.2 Å². The third-order valence-electron chi connectivity index (χ3n) is 2.22. The molecule has 0 aromatic heterocycles. The highest BCUT2D eigenvalue weighted by atomic mass is 35.5. The quantitative estimate of drug-likeness (QED) is 0.593. The zero-order valence-corrected chi connectivity index (χ0v) is 9.76. The second kappa shape index (κ2) is 5.41. The summed E-state index contributed by atoms with van der Waals surface area (Å²) in [7, 11) is 0. The van der Waals surface area contributed by atoms with E-state index < -0.39 is 0 Å². The average Bonchev–Trinajstić information content (AvgIpc) is 2.39. The van der Waals surface area contributed by atoms with Gasteiger partial charge in [-0.3, -0.25) is 9.79 Å². The molecule has 0 aliphatic heterocycles. The van der Waals surface area contributed by atoms with Crippen LogP contribution in [0.1, 0.15) is 10.4 Å². The van der Waals surface area contributed by atoms with Crippen LogP contribution < -0.4 is 0 Å². The van der Waals surface area contributed by atoms with E-state index in [1.54, 1.807) is 36.4 Å². The fraction of sp³-hybridized carbons (Fsp3) is 0. The molecule has 0 fully saturated rings. The Morgan fingerprint density at radius 3 is 2.29 bits per heavy atom. The highest BCUT2D eigenvalue weighted by Gasteiger charge is 2.00. The summed E-state index contributed by atoms with van der Waals surface area (Å²) >= 11 is 5.75. The van der Waals surface area contributed by atoms with Gasteiger partial charge in [0, 0.05) is 10.6 Å². The Labute approximate surface area is 105 Å². The minimum Gasteiger partial charge on any atom is -0.288 e. The summed E-state index contributed by atoms with van der Waals surface area (Å²) in [5.41, 5.74) is 1.34. The molecule has 2 aromatic rings. The Balaban J connectivity index is 2.11. The summed E-state index contributed by atoms with van der Waals surface area (Å²) in [5, 5.41) is 0.651. The molecule has 2 nitrogen and oxygen atoms in total. The number of carbonyl (C=O) groups excluding carboxylic acids is 1. The topological polar surface area (TPSA) is 29.4 Å². The SMILES string of the molecule is O=C(C=Nc1ccc(Cl)cc1)c1ccccc1. The van der Waals surface area contributed by atoms with Crippen LogP contribution in [-0.4, -0.2) is 12.0 Å². The smallest absolute Gasteiger partial charge is 0.204 e. The molecule has 0 radical (unpaired) electrons. The van der Waals surface area contributed by atoms with E-state index >= 15 is 0 Å². The predicted octanol–water partition coefficient (Wildman–Crippen LogP) is 3.93. The Morgan fingerprint density at radius 2 is 1.65 bits per heavy atom. The number of hydrogen-bond donors (Lipinski definition) is 0. The second-order valence-corrected chi connectivity index (χ2v) is 3.90. The van der Waals surface area contributed by atoms with Crippen LogP contribution in [0, 0.1) is 0 Å². The summed E-state index contributed by atoms with van der Waals surface area (Å²) in [6.07, 6.45) is 1.32. The van der Waals surface area contributed by atoms with Crippen molar-refractivity contribution >= 4 is 29.3 Å². The molecule has 0 aliphatic carbocycles. The molecular formula is C14H10ClNO. The largest absolute Gasteiger partial charge is 0.288 e. The first kappa shape index (κ1) is 11.6. The molecule has 0 saturated heterocycles. The summed E-state index contributed by atoms with van der Waals surface area (Å²) in [4.78, 5) is 15.8. The van der Waals surface area contributed by atoms with Crippen LogP contribution in [0.15, 0.2) is 59.6 Å². The van der Waals surface area contributed by atoms with Gasteiger partial charge in [-0.05, 0) is 24.3 Å². The van der Waals surface area contributed by atoms with E-state index in [0.29, 0.717) is 16.3 Å². The minimum absolute atomic E-state index is 0.111. The summed E-state index contributed by atoms with van der Waals surface area (Å²) in [6.45, 7) is 0. The number of carbonyl (C=O) groups is 1. The molecular weight excluding hydrogens is 234 g/mol. The molecule has 2 aromatic carbocycles. The van der Waals surface area contributed by atoms with Crippen LogP contribution >= 0.6 is 11.6 Å². The van der Waals surface area contributed by atoms with Gasteiger partial charge >= 0.3 is 0 Å². The van der Waals surface area contributed by atoms with Crippen LogP contribution in [0.25, 0.3) is 0 Å². The Morgan fingerprint density at radius 1 is 1.00 bits per heavy atom. The number of halogens is 1. The molecule has 0 aliphatic rings. The maximum atomic E-state index is 11.7. The van der Waals surface area contributed by atoms with Gasteiger partial charge in [0.2, 0.25) is 5.78 Å². The molecule has 0 spiro atoms. The van der Waals surface area contributed by atoms with Crippen molar-refractivity contribution in [1.82, 2.24) is 0 Å². The molecule has 0 unspecified atom stereocenters. The monoisotopic (exact) mass is 243 g/mol. The van der Waals surface area contributed by atoms with Gasteiger partial charge in [-0.25, -0.2) is 0 Å². The molecule has 2 rings (SSSR count). The van der Waals surface area contributed by atoms with Crippen molar-refractivity contribution in [3.8, 4) is 0 Å². The molecule has 3 heteroatoms. The van der Waals surface area contributed by atoms with Crippen molar-refractivity contribution in [3.05, 3.63) is 65.2 Å². The fourth-order valence-electron chi connectivity index (χ4n) is 1.34. The van der Waals surface area contributed by atoms with Gasteiger partial charge in [0.05, 0.1) is 11.9 Å². The highest BCUT2D eigenvalue weighted by Crippen LogP contribution is 2.15. The first-order valence-electron chi connectivity index (χ1n) is 5.15. The Bertz CT molecular complexity index is 532. The third-order valence-corrected chi connectivity index (χ3v) is 2.47. The molecule has 0 heterocycles. The predicted molar refractivity (Wildman–Crippen MR) is 70.4 cm³/mol. The van der Waals surface area contributed by atoms with Crippen molar-refractivity contribution < 1.29 is 4.79 Å². The Kier molecular flexibility index (Phi) is 3.68. The van der Waals surface area contributed by atoms with Crippen molar-refractivity contribution in [2.24, 2.45) is 4.99 Å². The molecule has 0 N–H and O–H groups in total. The number of nitrogens with zero attached hydrogens (tertiary/aromatic N) is 1. The number of hydrogen-bond acceptors (Lipinski definition) is 2. The maximum Gasteiger partial charge on any atom is 0.204 e. The lowest BCUT2D eigenvalue weighted by atomic mass is 10.1. The first-order chi connectivity index (χ1) is 8.25.